The molecule has 0 aliphatic carbocycles. The van der Waals surface area contributed by atoms with Crippen molar-refractivity contribution in [3.05, 3.63) is 18.1 Å². The third-order valence-corrected chi connectivity index (χ3v) is 2.17. The lowest BCUT2D eigenvalue weighted by atomic mass is 10.4. The van der Waals surface area contributed by atoms with Crippen LogP contribution in [0.5, 0.6) is 0 Å². The first kappa shape index (κ1) is 12.2. The molecule has 0 unspecified atom stereocenters. The highest BCUT2D eigenvalue weighted by atomic mass is 35.5. The van der Waals surface area contributed by atoms with Crippen LogP contribution in [0.3, 0.4) is 0 Å². The molecule has 1 aromatic rings. The molecule has 0 bridgehead atoms. The number of aryl methyl sites for hydroxylation is 1. The minimum atomic E-state index is 0.576. The summed E-state index contributed by atoms with van der Waals surface area (Å²) >= 11 is 5.74. The van der Waals surface area contributed by atoms with E-state index in [1.54, 1.807) is 13.3 Å². The standard InChI is InChI=1S/C10H16ClN3O/c1-9-12-5-3-10(13-9)14(6-4-11)7-8-15-2/h3,5H,4,6-8H2,1-2H3. The average molecular weight is 230 g/mol. The first-order chi connectivity index (χ1) is 7.27. The molecular formula is C10H16ClN3O. The Labute approximate surface area is 95.2 Å². The Hall–Kier alpha value is -0.870. The quantitative estimate of drug-likeness (QED) is 0.693. The van der Waals surface area contributed by atoms with Gasteiger partial charge in [0.1, 0.15) is 11.6 Å². The lowest BCUT2D eigenvalue weighted by Gasteiger charge is -2.22. The maximum atomic E-state index is 5.74. The number of ether oxygens (including phenoxy) is 1. The molecular weight excluding hydrogens is 214 g/mol. The first-order valence-electron chi connectivity index (χ1n) is 4.87. The highest BCUT2D eigenvalue weighted by Crippen LogP contribution is 2.09. The molecule has 0 spiro atoms. The minimum absolute atomic E-state index is 0.576. The van der Waals surface area contributed by atoms with Gasteiger partial charge in [0.2, 0.25) is 0 Å². The summed E-state index contributed by atoms with van der Waals surface area (Å²) in [6, 6.07) is 1.88. The first-order valence-corrected chi connectivity index (χ1v) is 5.41. The van der Waals surface area contributed by atoms with Crippen LogP contribution in [-0.4, -0.2) is 42.7 Å². The molecule has 1 rings (SSSR count). The van der Waals surface area contributed by atoms with Gasteiger partial charge in [-0.1, -0.05) is 0 Å². The van der Waals surface area contributed by atoms with Crippen LogP contribution < -0.4 is 4.90 Å². The number of halogens is 1. The van der Waals surface area contributed by atoms with E-state index in [4.69, 9.17) is 16.3 Å². The van der Waals surface area contributed by atoms with Gasteiger partial charge in [0.25, 0.3) is 0 Å². The predicted octanol–water partition coefficient (Wildman–Crippen LogP) is 1.48. The van der Waals surface area contributed by atoms with E-state index < -0.39 is 0 Å². The van der Waals surface area contributed by atoms with Crippen molar-refractivity contribution in [3.8, 4) is 0 Å². The van der Waals surface area contributed by atoms with Gasteiger partial charge in [-0.2, -0.15) is 0 Å². The molecule has 0 saturated heterocycles. The van der Waals surface area contributed by atoms with Crippen molar-refractivity contribution in [2.75, 3.05) is 37.6 Å². The molecule has 0 aliphatic heterocycles. The third-order valence-electron chi connectivity index (χ3n) is 2.01. The maximum Gasteiger partial charge on any atom is 0.132 e. The van der Waals surface area contributed by atoms with Crippen LogP contribution in [0.4, 0.5) is 5.82 Å². The number of rotatable bonds is 6. The van der Waals surface area contributed by atoms with E-state index in [0.717, 1.165) is 24.7 Å². The molecule has 0 aromatic carbocycles. The van der Waals surface area contributed by atoms with Gasteiger partial charge in [-0.3, -0.25) is 0 Å². The van der Waals surface area contributed by atoms with Crippen LogP contribution in [0.15, 0.2) is 12.3 Å². The molecule has 15 heavy (non-hydrogen) atoms. The number of anilines is 1. The van der Waals surface area contributed by atoms with Crippen molar-refractivity contribution in [3.63, 3.8) is 0 Å². The Morgan fingerprint density at radius 2 is 2.27 bits per heavy atom. The topological polar surface area (TPSA) is 38.2 Å². The molecule has 0 aliphatic rings. The van der Waals surface area contributed by atoms with Crippen molar-refractivity contribution in [2.45, 2.75) is 6.92 Å². The van der Waals surface area contributed by atoms with E-state index in [1.165, 1.54) is 0 Å². The summed E-state index contributed by atoms with van der Waals surface area (Å²) in [6.07, 6.45) is 1.76. The van der Waals surface area contributed by atoms with Crippen molar-refractivity contribution < 1.29 is 4.74 Å². The summed E-state index contributed by atoms with van der Waals surface area (Å²) in [5.41, 5.74) is 0. The highest BCUT2D eigenvalue weighted by molar-refractivity contribution is 6.18. The molecule has 4 nitrogen and oxygen atoms in total. The summed E-state index contributed by atoms with van der Waals surface area (Å²) in [5.74, 6) is 2.25. The van der Waals surface area contributed by atoms with Crippen LogP contribution in [0.1, 0.15) is 5.82 Å². The molecule has 84 valence electrons. The monoisotopic (exact) mass is 229 g/mol. The van der Waals surface area contributed by atoms with Crippen molar-refractivity contribution in [1.29, 1.82) is 0 Å². The Balaban J connectivity index is 2.69. The smallest absolute Gasteiger partial charge is 0.132 e. The summed E-state index contributed by atoms with van der Waals surface area (Å²) in [5, 5.41) is 0. The Morgan fingerprint density at radius 1 is 1.47 bits per heavy atom. The lowest BCUT2D eigenvalue weighted by molar-refractivity contribution is 0.205. The number of hydrogen-bond acceptors (Lipinski definition) is 4. The fourth-order valence-corrected chi connectivity index (χ4v) is 1.47. The summed E-state index contributed by atoms with van der Waals surface area (Å²) in [7, 11) is 1.68. The zero-order chi connectivity index (χ0) is 11.1. The zero-order valence-corrected chi connectivity index (χ0v) is 9.87. The summed E-state index contributed by atoms with van der Waals surface area (Å²) < 4.78 is 5.04. The second-order valence-electron chi connectivity index (χ2n) is 3.13. The lowest BCUT2D eigenvalue weighted by Crippen LogP contribution is -2.30. The van der Waals surface area contributed by atoms with Crippen LogP contribution in [0, 0.1) is 6.92 Å². The van der Waals surface area contributed by atoms with E-state index in [0.29, 0.717) is 12.5 Å². The van der Waals surface area contributed by atoms with Gasteiger partial charge in [-0.05, 0) is 13.0 Å². The second kappa shape index (κ2) is 6.58. The predicted molar refractivity (Wildman–Crippen MR) is 61.6 cm³/mol. The van der Waals surface area contributed by atoms with Crippen LogP contribution >= 0.6 is 11.6 Å². The Bertz CT molecular complexity index is 296. The van der Waals surface area contributed by atoms with Crippen molar-refractivity contribution >= 4 is 17.4 Å². The fourth-order valence-electron chi connectivity index (χ4n) is 1.26. The number of methoxy groups -OCH3 is 1. The summed E-state index contributed by atoms with van der Waals surface area (Å²) in [4.78, 5) is 10.5. The molecule has 0 amide bonds. The number of aromatic nitrogens is 2. The Morgan fingerprint density at radius 3 is 2.87 bits per heavy atom. The van der Waals surface area contributed by atoms with Crippen LogP contribution in [0.2, 0.25) is 0 Å². The van der Waals surface area contributed by atoms with Gasteiger partial charge in [-0.15, -0.1) is 11.6 Å². The second-order valence-corrected chi connectivity index (χ2v) is 3.51. The van der Waals surface area contributed by atoms with E-state index in [9.17, 15) is 0 Å². The molecule has 0 saturated carbocycles. The van der Waals surface area contributed by atoms with Crippen LogP contribution in [-0.2, 0) is 4.74 Å². The van der Waals surface area contributed by atoms with Gasteiger partial charge in [0.05, 0.1) is 6.61 Å². The van der Waals surface area contributed by atoms with Crippen molar-refractivity contribution in [2.24, 2.45) is 0 Å². The van der Waals surface area contributed by atoms with Crippen LogP contribution in [0.25, 0.3) is 0 Å². The van der Waals surface area contributed by atoms with Gasteiger partial charge in [-0.25, -0.2) is 9.97 Å². The zero-order valence-electron chi connectivity index (χ0n) is 9.11. The largest absolute Gasteiger partial charge is 0.383 e. The van der Waals surface area contributed by atoms with E-state index >= 15 is 0 Å². The third kappa shape index (κ3) is 4.01. The van der Waals surface area contributed by atoms with Gasteiger partial charge in [0, 0.05) is 32.3 Å². The number of hydrogen-bond donors (Lipinski definition) is 0. The van der Waals surface area contributed by atoms with E-state index in [-0.39, 0.29) is 0 Å². The van der Waals surface area contributed by atoms with Gasteiger partial charge in [0.15, 0.2) is 0 Å². The maximum absolute atomic E-state index is 5.74. The SMILES string of the molecule is COCCN(CCCl)c1ccnc(C)n1. The van der Waals surface area contributed by atoms with Gasteiger partial charge >= 0.3 is 0 Å². The molecule has 1 heterocycles. The number of alkyl halides is 1. The number of nitrogens with zero attached hydrogens (tertiary/aromatic N) is 3. The molecule has 1 aromatic heterocycles. The highest BCUT2D eigenvalue weighted by Gasteiger charge is 2.06. The van der Waals surface area contributed by atoms with Crippen molar-refractivity contribution in [1.82, 2.24) is 9.97 Å². The van der Waals surface area contributed by atoms with E-state index in [2.05, 4.69) is 14.9 Å². The molecule has 0 radical (unpaired) electrons. The van der Waals surface area contributed by atoms with Gasteiger partial charge < -0.3 is 9.64 Å². The van der Waals surface area contributed by atoms with E-state index in [1.807, 2.05) is 13.0 Å². The summed E-state index contributed by atoms with van der Waals surface area (Å²) in [6.45, 7) is 4.10. The molecule has 0 fully saturated rings. The fraction of sp³-hybridized carbons (Fsp3) is 0.600. The molecule has 5 heteroatoms. The molecule has 0 N–H and O–H groups in total. The minimum Gasteiger partial charge on any atom is -0.383 e. The molecule has 0 atom stereocenters. The normalized spacial score (nSPS) is 10.3. The average Bonchev–Trinajstić information content (AvgIpc) is 2.24. The Kier molecular flexibility index (Phi) is 5.36.